The molecule has 0 aliphatic rings. The van der Waals surface area contributed by atoms with Crippen LogP contribution in [0.25, 0.3) is 10.9 Å². The van der Waals surface area contributed by atoms with Crippen molar-refractivity contribution in [3.05, 3.63) is 33.6 Å². The number of alkyl halides is 1. The smallest absolute Gasteiger partial charge is 0.265 e. The van der Waals surface area contributed by atoms with Crippen LogP contribution in [0.3, 0.4) is 0 Å². The van der Waals surface area contributed by atoms with Crippen LogP contribution in [0.5, 0.6) is 0 Å². The summed E-state index contributed by atoms with van der Waals surface area (Å²) in [5, 5.41) is 0.971. The van der Waals surface area contributed by atoms with Crippen molar-refractivity contribution >= 4 is 41.8 Å². The van der Waals surface area contributed by atoms with E-state index < -0.39 is 7.73 Å². The minimum atomic E-state index is -1.90. The van der Waals surface area contributed by atoms with Crippen LogP contribution in [0.4, 0.5) is 0 Å². The van der Waals surface area contributed by atoms with Gasteiger partial charge < -0.3 is 0 Å². The highest BCUT2D eigenvalue weighted by molar-refractivity contribution is 7.28. The second-order valence-electron chi connectivity index (χ2n) is 3.91. The van der Waals surface area contributed by atoms with Crippen LogP contribution in [0.1, 0.15) is 6.42 Å². The van der Waals surface area contributed by atoms with Crippen molar-refractivity contribution in [3.63, 3.8) is 0 Å². The molecule has 0 spiro atoms. The predicted octanol–water partition coefficient (Wildman–Crippen LogP) is 3.36. The van der Waals surface area contributed by atoms with E-state index in [4.69, 9.17) is 23.2 Å². The van der Waals surface area contributed by atoms with Crippen molar-refractivity contribution in [1.29, 1.82) is 0 Å². The Bertz CT molecular complexity index is 708. The summed E-state index contributed by atoms with van der Waals surface area (Å²) < 4.78 is 15.1. The predicted molar refractivity (Wildman–Crippen MR) is 75.1 cm³/mol. The van der Waals surface area contributed by atoms with Crippen LogP contribution in [0.15, 0.2) is 23.0 Å². The Morgan fingerprint density at radius 1 is 1.39 bits per heavy atom. The minimum absolute atomic E-state index is 0.253. The summed E-state index contributed by atoms with van der Waals surface area (Å²) in [4.78, 5) is 12.2. The van der Waals surface area contributed by atoms with Crippen molar-refractivity contribution in [2.24, 2.45) is 7.05 Å². The summed E-state index contributed by atoms with van der Waals surface area (Å²) in [6.45, 7) is 0.383. The number of hydrogen-bond donors (Lipinski definition) is 0. The lowest BCUT2D eigenvalue weighted by molar-refractivity contribution is 0.569. The van der Waals surface area contributed by atoms with Gasteiger partial charge in [0.25, 0.3) is 5.56 Å². The summed E-state index contributed by atoms with van der Waals surface area (Å²) in [5.74, 6) is 0.430. The van der Waals surface area contributed by atoms with Gasteiger partial charge in [-0.1, -0.05) is 11.6 Å². The lowest BCUT2D eigenvalue weighted by atomic mass is 10.2. The van der Waals surface area contributed by atoms with Crippen LogP contribution in [-0.2, 0) is 18.2 Å². The molecule has 1 heterocycles. The zero-order chi connectivity index (χ0) is 13.3. The summed E-state index contributed by atoms with van der Waals surface area (Å²) in [7, 11) is -0.198. The molecule has 0 amide bonds. The molecule has 7 heteroatoms. The monoisotopic (exact) mass is 305 g/mol. The summed E-state index contributed by atoms with van der Waals surface area (Å²) >= 11 is 11.5. The van der Waals surface area contributed by atoms with Gasteiger partial charge in [0, 0.05) is 10.9 Å². The molecule has 0 aliphatic heterocycles. The first-order chi connectivity index (χ1) is 8.56. The van der Waals surface area contributed by atoms with Crippen LogP contribution >= 0.6 is 30.9 Å². The van der Waals surface area contributed by atoms with E-state index in [-0.39, 0.29) is 5.56 Å². The van der Waals surface area contributed by atoms with Crippen LogP contribution in [0.2, 0.25) is 5.02 Å². The Balaban J connectivity index is 2.80. The van der Waals surface area contributed by atoms with Gasteiger partial charge in [0.15, 0.2) is 0 Å². The largest absolute Gasteiger partial charge is 0.598 e. The fraction of sp³-hybridized carbons (Fsp3) is 0.364. The van der Waals surface area contributed by atoms with Crippen molar-refractivity contribution in [2.45, 2.75) is 13.0 Å². The number of halogens is 2. The van der Waals surface area contributed by atoms with Crippen LogP contribution in [-0.4, -0.2) is 14.5 Å². The molecule has 1 unspecified atom stereocenters. The summed E-state index contributed by atoms with van der Waals surface area (Å²) in [5.41, 5.74) is 0.393. The second kappa shape index (κ2) is 5.43. The summed E-state index contributed by atoms with van der Waals surface area (Å²) in [6, 6.07) is 5.00. The van der Waals surface area contributed by atoms with Crippen molar-refractivity contribution in [2.75, 3.05) is 5.88 Å². The SMILES string of the molecule is Cn1c2ccc(Cl)cc2c(=O)n(CCCCl)[p+]1=O. The van der Waals surface area contributed by atoms with E-state index in [0.29, 0.717) is 34.8 Å². The molecule has 18 heavy (non-hydrogen) atoms. The molecule has 4 nitrogen and oxygen atoms in total. The van der Waals surface area contributed by atoms with Gasteiger partial charge in [-0.3, -0.25) is 4.79 Å². The van der Waals surface area contributed by atoms with Crippen LogP contribution < -0.4 is 5.56 Å². The zero-order valence-corrected chi connectivity index (χ0v) is 12.2. The normalized spacial score (nSPS) is 12.1. The van der Waals surface area contributed by atoms with Gasteiger partial charge >= 0.3 is 7.73 Å². The fourth-order valence-corrected chi connectivity index (χ4v) is 3.38. The average Bonchev–Trinajstić information content (AvgIpc) is 2.36. The molecular weight excluding hydrogens is 294 g/mol. The number of nitrogens with zero attached hydrogens (tertiary/aromatic N) is 2. The van der Waals surface area contributed by atoms with Gasteiger partial charge in [0.1, 0.15) is 0 Å². The van der Waals surface area contributed by atoms with Gasteiger partial charge in [0.2, 0.25) is 0 Å². The van der Waals surface area contributed by atoms with Gasteiger partial charge in [-0.25, -0.2) is 0 Å². The zero-order valence-electron chi connectivity index (χ0n) is 9.77. The molecule has 0 aliphatic carbocycles. The highest BCUT2D eigenvalue weighted by Gasteiger charge is 2.19. The second-order valence-corrected chi connectivity index (χ2v) is 6.31. The molecule has 2 rings (SSSR count). The highest BCUT2D eigenvalue weighted by atomic mass is 35.5. The van der Waals surface area contributed by atoms with Crippen LogP contribution in [0, 0.1) is 0 Å². The van der Waals surface area contributed by atoms with E-state index in [1.165, 1.54) is 4.33 Å². The molecule has 0 N–H and O–H groups in total. The van der Waals surface area contributed by atoms with Gasteiger partial charge in [-0.15, -0.1) is 20.3 Å². The first-order valence-corrected chi connectivity index (χ1v) is 7.52. The van der Waals surface area contributed by atoms with Gasteiger partial charge in [0.05, 0.1) is 24.5 Å². The van der Waals surface area contributed by atoms with Gasteiger partial charge in [-0.05, 0) is 29.2 Å². The average molecular weight is 306 g/mol. The molecule has 0 radical (unpaired) electrons. The Hall–Kier alpha value is -0.830. The van der Waals surface area contributed by atoms with E-state index in [0.717, 1.165) is 0 Å². The maximum atomic E-state index is 12.2. The number of fused-ring (bicyclic) bond motifs is 1. The van der Waals surface area contributed by atoms with E-state index in [1.54, 1.807) is 29.6 Å². The number of rotatable bonds is 3. The van der Waals surface area contributed by atoms with Crippen molar-refractivity contribution < 1.29 is 4.57 Å². The first-order valence-electron chi connectivity index (χ1n) is 5.44. The van der Waals surface area contributed by atoms with Crippen molar-refractivity contribution in [3.8, 4) is 0 Å². The Kier molecular flexibility index (Phi) is 4.10. The number of aryl methyl sites for hydroxylation is 1. The number of benzene rings is 1. The maximum Gasteiger partial charge on any atom is 0.598 e. The lowest BCUT2D eigenvalue weighted by Crippen LogP contribution is -2.20. The molecule has 0 bridgehead atoms. The Morgan fingerprint density at radius 2 is 2.11 bits per heavy atom. The van der Waals surface area contributed by atoms with Gasteiger partial charge in [-0.2, -0.15) is 0 Å². The quantitative estimate of drug-likeness (QED) is 0.816. The van der Waals surface area contributed by atoms with E-state index in [2.05, 4.69) is 0 Å². The highest BCUT2D eigenvalue weighted by Crippen LogP contribution is 2.21. The topological polar surface area (TPSA) is 44.0 Å². The molecule has 2 aromatic rings. The third-order valence-corrected chi connectivity index (χ3v) is 4.76. The molecule has 96 valence electrons. The number of hydrogen-bond acceptors (Lipinski definition) is 2. The molecule has 0 fully saturated rings. The third kappa shape index (κ3) is 2.33. The molecule has 1 aromatic heterocycles. The fourth-order valence-electron chi connectivity index (χ4n) is 1.83. The molecule has 1 atom stereocenters. The Labute approximate surface area is 115 Å². The molecule has 0 saturated carbocycles. The minimum Gasteiger partial charge on any atom is -0.265 e. The van der Waals surface area contributed by atoms with Crippen molar-refractivity contribution in [1.82, 2.24) is 8.66 Å². The molecule has 1 aromatic carbocycles. The lowest BCUT2D eigenvalue weighted by Gasteiger charge is -2.02. The molecular formula is C11H12Cl2N2O2P+. The third-order valence-electron chi connectivity index (χ3n) is 2.74. The standard InChI is InChI=1S/C11H12Cl2N2O2P/c1-14-10-4-3-8(13)7-9(10)11(16)15(18(14)17)6-2-5-12/h3-4,7H,2,5-6H2,1H3/q+1. The van der Waals surface area contributed by atoms with E-state index >= 15 is 0 Å². The maximum absolute atomic E-state index is 12.2. The summed E-state index contributed by atoms with van der Waals surface area (Å²) in [6.07, 6.45) is 0.609. The Morgan fingerprint density at radius 3 is 2.78 bits per heavy atom. The molecule has 0 saturated heterocycles. The van der Waals surface area contributed by atoms with E-state index in [9.17, 15) is 9.36 Å². The van der Waals surface area contributed by atoms with E-state index in [1.807, 2.05) is 0 Å². The number of aromatic nitrogens is 2. The first kappa shape index (κ1) is 13.6.